The minimum atomic E-state index is -5.08. The van der Waals surface area contributed by atoms with E-state index in [-0.39, 0.29) is 0 Å². The van der Waals surface area contributed by atoms with Crippen LogP contribution in [0, 0.1) is 0 Å². The van der Waals surface area contributed by atoms with Crippen molar-refractivity contribution < 1.29 is 36.3 Å². The van der Waals surface area contributed by atoms with Gasteiger partial charge < -0.3 is 5.11 Å². The van der Waals surface area contributed by atoms with Crippen LogP contribution >= 0.6 is 0 Å². The van der Waals surface area contributed by atoms with E-state index < -0.39 is 28.1 Å². The van der Waals surface area contributed by atoms with Crippen molar-refractivity contribution in [1.29, 1.82) is 0 Å². The van der Waals surface area contributed by atoms with Gasteiger partial charge in [-0.2, -0.15) is 13.2 Å². The zero-order chi connectivity index (χ0) is 16.0. The predicted molar refractivity (Wildman–Crippen MR) is 62.4 cm³/mol. The maximum Gasteiger partial charge on any atom is 0.490 e. The van der Waals surface area contributed by atoms with Gasteiger partial charge in [0.2, 0.25) is 10.0 Å². The zero-order valence-corrected chi connectivity index (χ0v) is 10.8. The smallest absolute Gasteiger partial charge is 0.475 e. The molecule has 20 heavy (non-hydrogen) atoms. The summed E-state index contributed by atoms with van der Waals surface area (Å²) in [6.07, 6.45) is -4.15. The first-order valence-electron chi connectivity index (χ1n) is 4.81. The van der Waals surface area contributed by atoms with Crippen molar-refractivity contribution in [2.24, 2.45) is 0 Å². The summed E-state index contributed by atoms with van der Waals surface area (Å²) < 4.78 is 55.0. The van der Waals surface area contributed by atoms with E-state index >= 15 is 0 Å². The van der Waals surface area contributed by atoms with Gasteiger partial charge in [0.1, 0.15) is 0 Å². The summed E-state index contributed by atoms with van der Waals surface area (Å²) in [5.74, 6) is -3.37. The first-order valence-corrected chi connectivity index (χ1v) is 6.70. The van der Waals surface area contributed by atoms with Gasteiger partial charge in [0.15, 0.2) is 0 Å². The van der Waals surface area contributed by atoms with Gasteiger partial charge in [-0.15, -0.1) is 0 Å². The summed E-state index contributed by atoms with van der Waals surface area (Å²) in [6.45, 7) is 0. The molecule has 1 aromatic carbocycles. The average Bonchev–Trinajstić information content (AvgIpc) is 2.27. The second-order valence-corrected chi connectivity index (χ2v) is 5.12. The lowest BCUT2D eigenvalue weighted by molar-refractivity contribution is -0.192. The summed E-state index contributed by atoms with van der Waals surface area (Å²) in [5, 5.41) is 7.12. The molecule has 0 radical (unpaired) electrons. The van der Waals surface area contributed by atoms with Gasteiger partial charge in [-0.25, -0.2) is 17.9 Å². The third-order valence-electron chi connectivity index (χ3n) is 1.56. The van der Waals surface area contributed by atoms with Crippen molar-refractivity contribution in [3.05, 3.63) is 35.9 Å². The second-order valence-electron chi connectivity index (χ2n) is 3.37. The molecule has 2 N–H and O–H groups in total. The van der Waals surface area contributed by atoms with Gasteiger partial charge in [-0.1, -0.05) is 18.2 Å². The SMILES string of the molecule is CS(=O)(=O)NC(=O)c1ccccc1.O=C(O)C(F)(F)F. The highest BCUT2D eigenvalue weighted by Crippen LogP contribution is 2.13. The van der Waals surface area contributed by atoms with Crippen LogP contribution in [0.5, 0.6) is 0 Å². The minimum Gasteiger partial charge on any atom is -0.475 e. The van der Waals surface area contributed by atoms with Crippen LogP contribution in [0.15, 0.2) is 30.3 Å². The molecule has 6 nitrogen and oxygen atoms in total. The molecule has 112 valence electrons. The number of rotatable bonds is 2. The normalized spacial score (nSPS) is 11.0. The van der Waals surface area contributed by atoms with Gasteiger partial charge in [0.25, 0.3) is 5.91 Å². The van der Waals surface area contributed by atoms with Gasteiger partial charge >= 0.3 is 12.1 Å². The van der Waals surface area contributed by atoms with Crippen LogP contribution in [-0.2, 0) is 14.8 Å². The molecular weight excluding hydrogens is 303 g/mol. The van der Waals surface area contributed by atoms with E-state index in [9.17, 15) is 26.4 Å². The quantitative estimate of drug-likeness (QED) is 0.848. The fourth-order valence-corrected chi connectivity index (χ4v) is 1.27. The van der Waals surface area contributed by atoms with Crippen molar-refractivity contribution in [3.63, 3.8) is 0 Å². The van der Waals surface area contributed by atoms with Crippen molar-refractivity contribution >= 4 is 21.9 Å². The summed E-state index contributed by atoms with van der Waals surface area (Å²) in [5.41, 5.74) is 0.327. The minimum absolute atomic E-state index is 0.327. The number of carboxylic acid groups (broad SMARTS) is 1. The van der Waals surface area contributed by atoms with E-state index in [1.807, 2.05) is 4.72 Å². The number of benzene rings is 1. The second kappa shape index (κ2) is 6.89. The molecule has 0 unspecified atom stereocenters. The molecule has 10 heteroatoms. The van der Waals surface area contributed by atoms with Crippen molar-refractivity contribution in [3.8, 4) is 0 Å². The molecule has 0 atom stereocenters. The van der Waals surface area contributed by atoms with Crippen LogP contribution in [-0.4, -0.2) is 37.8 Å². The highest BCUT2D eigenvalue weighted by atomic mass is 32.2. The van der Waals surface area contributed by atoms with Gasteiger partial charge in [-0.05, 0) is 12.1 Å². The van der Waals surface area contributed by atoms with Gasteiger partial charge in [0, 0.05) is 5.56 Å². The topological polar surface area (TPSA) is 101 Å². The Bertz CT molecular complexity index is 568. The Morgan fingerprint density at radius 2 is 1.55 bits per heavy atom. The fourth-order valence-electron chi connectivity index (χ4n) is 0.817. The Balaban J connectivity index is 0.000000441. The van der Waals surface area contributed by atoms with Crippen LogP contribution in [0.3, 0.4) is 0 Å². The van der Waals surface area contributed by atoms with Crippen LogP contribution in [0.1, 0.15) is 10.4 Å². The largest absolute Gasteiger partial charge is 0.490 e. The molecule has 0 fully saturated rings. The molecular formula is C10H10F3NO5S. The van der Waals surface area contributed by atoms with E-state index in [2.05, 4.69) is 0 Å². The van der Waals surface area contributed by atoms with Crippen molar-refractivity contribution in [2.75, 3.05) is 6.26 Å². The Labute approximate surface area is 112 Å². The Kier molecular flexibility index (Phi) is 6.17. The number of amides is 1. The molecule has 0 bridgehead atoms. The molecule has 1 aromatic rings. The summed E-state index contributed by atoms with van der Waals surface area (Å²) in [7, 11) is -3.47. The van der Waals surface area contributed by atoms with Gasteiger partial charge in [0.05, 0.1) is 6.26 Å². The lowest BCUT2D eigenvalue weighted by Crippen LogP contribution is -2.29. The summed E-state index contributed by atoms with van der Waals surface area (Å²) in [4.78, 5) is 20.1. The molecule has 0 aliphatic heterocycles. The highest BCUT2D eigenvalue weighted by molar-refractivity contribution is 7.89. The van der Waals surface area contributed by atoms with Gasteiger partial charge in [-0.3, -0.25) is 4.79 Å². The molecule has 0 aromatic heterocycles. The fraction of sp³-hybridized carbons (Fsp3) is 0.200. The number of carbonyl (C=O) groups excluding carboxylic acids is 1. The Morgan fingerprint density at radius 3 is 1.85 bits per heavy atom. The number of carboxylic acids is 1. The number of carbonyl (C=O) groups is 2. The van der Waals surface area contributed by atoms with Crippen LogP contribution in [0.2, 0.25) is 0 Å². The number of alkyl halides is 3. The summed E-state index contributed by atoms with van der Waals surface area (Å²) >= 11 is 0. The first kappa shape index (κ1) is 17.9. The maximum atomic E-state index is 11.2. The van der Waals surface area contributed by atoms with Crippen LogP contribution in [0.4, 0.5) is 13.2 Å². The molecule has 0 saturated heterocycles. The van der Waals surface area contributed by atoms with Crippen molar-refractivity contribution in [2.45, 2.75) is 6.18 Å². The number of halogens is 3. The molecule has 0 saturated carbocycles. The lowest BCUT2D eigenvalue weighted by Gasteiger charge is -2.00. The monoisotopic (exact) mass is 313 g/mol. The Hall–Kier alpha value is -2.10. The first-order chi connectivity index (χ1) is 8.93. The lowest BCUT2D eigenvalue weighted by atomic mass is 10.2. The average molecular weight is 313 g/mol. The van der Waals surface area contributed by atoms with Crippen LogP contribution < -0.4 is 4.72 Å². The number of sulfonamides is 1. The molecule has 1 amide bonds. The standard InChI is InChI=1S/C8H9NO3S.C2HF3O2/c1-13(11,12)9-8(10)7-5-3-2-4-6-7;3-2(4,5)1(6)7/h2-6H,1H3,(H,9,10);(H,6,7). The predicted octanol–water partition coefficient (Wildman–Crippen LogP) is 1.01. The molecule has 0 heterocycles. The van der Waals surface area contributed by atoms with E-state index in [1.165, 1.54) is 0 Å². The number of hydrogen-bond acceptors (Lipinski definition) is 4. The highest BCUT2D eigenvalue weighted by Gasteiger charge is 2.38. The zero-order valence-electron chi connectivity index (χ0n) is 10.0. The van der Waals surface area contributed by atoms with E-state index in [0.717, 1.165) is 6.26 Å². The van der Waals surface area contributed by atoms with E-state index in [0.29, 0.717) is 5.56 Å². The summed E-state index contributed by atoms with van der Waals surface area (Å²) in [6, 6.07) is 8.16. The Morgan fingerprint density at radius 1 is 1.15 bits per heavy atom. The molecule has 0 spiro atoms. The number of aliphatic carboxylic acids is 1. The molecule has 1 rings (SSSR count). The van der Waals surface area contributed by atoms with E-state index in [1.54, 1.807) is 30.3 Å². The van der Waals surface area contributed by atoms with Crippen molar-refractivity contribution in [1.82, 2.24) is 4.72 Å². The third kappa shape index (κ3) is 8.08. The molecule has 0 aliphatic carbocycles. The van der Waals surface area contributed by atoms with E-state index in [4.69, 9.17) is 9.90 Å². The number of hydrogen-bond donors (Lipinski definition) is 2. The number of nitrogens with one attached hydrogen (secondary N) is 1. The maximum absolute atomic E-state index is 11.2. The molecule has 0 aliphatic rings. The third-order valence-corrected chi connectivity index (χ3v) is 2.11. The van der Waals surface area contributed by atoms with Crippen LogP contribution in [0.25, 0.3) is 0 Å².